The summed E-state index contributed by atoms with van der Waals surface area (Å²) >= 11 is 0. The smallest absolute Gasteiger partial charge is 0.0622 e. The molecule has 0 saturated heterocycles. The summed E-state index contributed by atoms with van der Waals surface area (Å²) < 4.78 is 0. The van der Waals surface area contributed by atoms with Gasteiger partial charge in [-0.25, -0.2) is 0 Å². The Kier molecular flexibility index (Phi) is 4.12. The minimum absolute atomic E-state index is 0.371. The van der Waals surface area contributed by atoms with Crippen molar-refractivity contribution in [2.45, 2.75) is 90.6 Å². The Labute approximate surface area is 148 Å². The molecule has 138 valence electrons. The molecule has 4 saturated carbocycles. The second-order valence-corrected chi connectivity index (χ2v) is 10.7. The molecule has 0 bridgehead atoms. The number of hydrogen-bond acceptors (Lipinski definition) is 2. The van der Waals surface area contributed by atoms with Crippen molar-refractivity contribution in [3.05, 3.63) is 0 Å². The molecule has 24 heavy (non-hydrogen) atoms. The molecule has 2 nitrogen and oxygen atoms in total. The first-order valence-electron chi connectivity index (χ1n) is 10.6. The summed E-state index contributed by atoms with van der Waals surface area (Å²) in [5, 5.41) is 20.1. The average Bonchev–Trinajstić information content (AvgIpc) is 2.85. The highest BCUT2D eigenvalue weighted by atomic mass is 16.3. The van der Waals surface area contributed by atoms with Crippen LogP contribution in [0.25, 0.3) is 0 Å². The Morgan fingerprint density at radius 2 is 1.58 bits per heavy atom. The molecule has 4 aliphatic carbocycles. The first-order valence-corrected chi connectivity index (χ1v) is 10.6. The molecule has 0 aromatic carbocycles. The van der Waals surface area contributed by atoms with E-state index in [-0.39, 0.29) is 0 Å². The van der Waals surface area contributed by atoms with E-state index < -0.39 is 5.60 Å². The van der Waals surface area contributed by atoms with E-state index in [1.807, 2.05) is 0 Å². The molecular weight excluding hydrogens is 296 g/mol. The molecule has 0 aliphatic heterocycles. The summed E-state index contributed by atoms with van der Waals surface area (Å²) in [7, 11) is 0. The van der Waals surface area contributed by atoms with Crippen LogP contribution in [0.1, 0.15) is 85.0 Å². The van der Waals surface area contributed by atoms with Crippen molar-refractivity contribution in [1.29, 1.82) is 0 Å². The van der Waals surface area contributed by atoms with Crippen LogP contribution in [0, 0.1) is 40.4 Å². The lowest BCUT2D eigenvalue weighted by Crippen LogP contribution is -2.55. The Hall–Kier alpha value is -0.0800. The van der Waals surface area contributed by atoms with Gasteiger partial charge in [0, 0.05) is 6.61 Å². The fourth-order valence-electron chi connectivity index (χ4n) is 8.17. The van der Waals surface area contributed by atoms with Gasteiger partial charge in [-0.3, -0.25) is 0 Å². The van der Waals surface area contributed by atoms with Crippen LogP contribution in [0.15, 0.2) is 0 Å². The second kappa shape index (κ2) is 5.71. The van der Waals surface area contributed by atoms with Gasteiger partial charge in [-0.05, 0) is 112 Å². The van der Waals surface area contributed by atoms with Crippen LogP contribution in [0.5, 0.6) is 0 Å². The Bertz CT molecular complexity index is 486. The van der Waals surface area contributed by atoms with Crippen molar-refractivity contribution in [3.63, 3.8) is 0 Å². The standard InChI is InChI=1S/C22H38O2/c1-20(24)11-12-22(3)16(14-20)4-6-17-18-7-5-15(9-13-23)21(18,2)10-8-19(17)22/h15-19,23-24H,4-14H2,1-3H3/t15-,16?,17+,18+,19+,20?,21-,22+/m1/s1. The number of hydrogen-bond donors (Lipinski definition) is 2. The third-order valence-electron chi connectivity index (χ3n) is 9.63. The summed E-state index contributed by atoms with van der Waals surface area (Å²) in [5.41, 5.74) is 0.550. The third kappa shape index (κ3) is 2.42. The Balaban J connectivity index is 1.58. The van der Waals surface area contributed by atoms with E-state index in [1.165, 1.54) is 44.9 Å². The Morgan fingerprint density at radius 3 is 2.33 bits per heavy atom. The molecule has 4 aliphatic rings. The summed E-state index contributed by atoms with van der Waals surface area (Å²) in [5.74, 6) is 4.19. The topological polar surface area (TPSA) is 40.5 Å². The zero-order valence-electron chi connectivity index (χ0n) is 16.1. The molecule has 2 N–H and O–H groups in total. The minimum Gasteiger partial charge on any atom is -0.396 e. The van der Waals surface area contributed by atoms with Gasteiger partial charge in [0.15, 0.2) is 0 Å². The van der Waals surface area contributed by atoms with Gasteiger partial charge in [0.1, 0.15) is 0 Å². The average molecular weight is 335 g/mol. The van der Waals surface area contributed by atoms with Crippen molar-refractivity contribution < 1.29 is 10.2 Å². The summed E-state index contributed by atoms with van der Waals surface area (Å²) in [4.78, 5) is 0. The van der Waals surface area contributed by atoms with Crippen LogP contribution >= 0.6 is 0 Å². The highest BCUT2D eigenvalue weighted by Crippen LogP contribution is 2.68. The monoisotopic (exact) mass is 334 g/mol. The SMILES string of the molecule is CC1(O)CC[C@@]2(C)C(CC[C@H]3[C@@H]4CC[C@H](CCO)[C@@]4(C)CC[C@@H]32)C1. The summed E-state index contributed by atoms with van der Waals surface area (Å²) in [6.45, 7) is 7.57. The molecule has 8 atom stereocenters. The zero-order valence-corrected chi connectivity index (χ0v) is 16.1. The van der Waals surface area contributed by atoms with Gasteiger partial charge in [0.05, 0.1) is 5.60 Å². The van der Waals surface area contributed by atoms with Crippen molar-refractivity contribution in [3.8, 4) is 0 Å². The summed E-state index contributed by atoms with van der Waals surface area (Å²) in [6.07, 6.45) is 12.5. The van der Waals surface area contributed by atoms with Crippen LogP contribution in [0.2, 0.25) is 0 Å². The molecule has 0 aromatic rings. The van der Waals surface area contributed by atoms with Gasteiger partial charge in [-0.2, -0.15) is 0 Å². The predicted molar refractivity (Wildman–Crippen MR) is 97.5 cm³/mol. The maximum absolute atomic E-state index is 10.6. The van der Waals surface area contributed by atoms with Crippen molar-refractivity contribution in [2.75, 3.05) is 6.61 Å². The lowest BCUT2D eigenvalue weighted by molar-refractivity contribution is -0.146. The van der Waals surface area contributed by atoms with Gasteiger partial charge in [-0.1, -0.05) is 13.8 Å². The number of aliphatic hydroxyl groups is 2. The first-order chi connectivity index (χ1) is 11.3. The Morgan fingerprint density at radius 1 is 0.833 bits per heavy atom. The fourth-order valence-corrected chi connectivity index (χ4v) is 8.17. The molecule has 0 heterocycles. The van der Waals surface area contributed by atoms with Crippen molar-refractivity contribution >= 4 is 0 Å². The normalized spacial score (nSPS) is 57.1. The summed E-state index contributed by atoms with van der Waals surface area (Å²) in [6, 6.07) is 0. The molecule has 4 fully saturated rings. The molecule has 4 rings (SSSR count). The predicted octanol–water partition coefficient (Wildman–Crippen LogP) is 4.78. The molecular formula is C22H38O2. The van der Waals surface area contributed by atoms with Crippen molar-refractivity contribution in [2.24, 2.45) is 40.4 Å². The second-order valence-electron chi connectivity index (χ2n) is 10.7. The van der Waals surface area contributed by atoms with Crippen LogP contribution < -0.4 is 0 Å². The van der Waals surface area contributed by atoms with Gasteiger partial charge < -0.3 is 10.2 Å². The van der Waals surface area contributed by atoms with Gasteiger partial charge in [0.2, 0.25) is 0 Å². The molecule has 2 unspecified atom stereocenters. The lowest BCUT2D eigenvalue weighted by atomic mass is 9.44. The van der Waals surface area contributed by atoms with E-state index in [1.54, 1.807) is 0 Å². The van der Waals surface area contributed by atoms with Gasteiger partial charge in [0.25, 0.3) is 0 Å². The largest absolute Gasteiger partial charge is 0.396 e. The van der Waals surface area contributed by atoms with Crippen LogP contribution in [-0.4, -0.2) is 22.4 Å². The van der Waals surface area contributed by atoms with E-state index in [4.69, 9.17) is 0 Å². The van der Waals surface area contributed by atoms with Gasteiger partial charge in [-0.15, -0.1) is 0 Å². The molecule has 0 radical (unpaired) electrons. The van der Waals surface area contributed by atoms with E-state index in [0.29, 0.717) is 17.4 Å². The van der Waals surface area contributed by atoms with E-state index in [2.05, 4.69) is 20.8 Å². The number of rotatable bonds is 2. The van der Waals surface area contributed by atoms with Crippen LogP contribution in [0.4, 0.5) is 0 Å². The zero-order chi connectivity index (χ0) is 17.2. The van der Waals surface area contributed by atoms with Crippen LogP contribution in [-0.2, 0) is 0 Å². The van der Waals surface area contributed by atoms with E-state index >= 15 is 0 Å². The molecule has 2 heteroatoms. The van der Waals surface area contributed by atoms with E-state index in [9.17, 15) is 10.2 Å². The van der Waals surface area contributed by atoms with Crippen LogP contribution in [0.3, 0.4) is 0 Å². The highest BCUT2D eigenvalue weighted by Gasteiger charge is 2.60. The fraction of sp³-hybridized carbons (Fsp3) is 1.00. The van der Waals surface area contributed by atoms with Crippen molar-refractivity contribution in [1.82, 2.24) is 0 Å². The maximum Gasteiger partial charge on any atom is 0.0622 e. The van der Waals surface area contributed by atoms with Gasteiger partial charge >= 0.3 is 0 Å². The first kappa shape index (κ1) is 17.3. The minimum atomic E-state index is -0.417. The molecule has 0 spiro atoms. The molecule has 0 amide bonds. The molecule has 0 aromatic heterocycles. The quantitative estimate of drug-likeness (QED) is 0.763. The number of aliphatic hydroxyl groups excluding tert-OH is 1. The number of fused-ring (bicyclic) bond motifs is 5. The highest BCUT2D eigenvalue weighted by molar-refractivity contribution is 5.10. The van der Waals surface area contributed by atoms with E-state index in [0.717, 1.165) is 48.9 Å². The third-order valence-corrected chi connectivity index (χ3v) is 9.63. The lowest BCUT2D eigenvalue weighted by Gasteiger charge is -2.62. The maximum atomic E-state index is 10.6.